The third-order valence-corrected chi connectivity index (χ3v) is 3.20. The van der Waals surface area contributed by atoms with Crippen LogP contribution in [-0.2, 0) is 14.3 Å². The molecule has 0 fully saturated rings. The lowest BCUT2D eigenvalue weighted by molar-refractivity contribution is -0.484. The molecule has 2 atom stereocenters. The van der Waals surface area contributed by atoms with E-state index in [2.05, 4.69) is 5.32 Å². The standard InChI is InChI=1S/C15H17N3O5/c1-3-23-14(20)15(10-16,17-11(2)19)13(9-18(21)22)12-7-5-4-6-8-12/h4-8,13H,3,9H2,1-2H3,(H,17,19). The molecule has 8 heteroatoms. The molecule has 1 aromatic carbocycles. The van der Waals surface area contributed by atoms with Crippen LogP contribution in [0.2, 0.25) is 0 Å². The van der Waals surface area contributed by atoms with Crippen molar-refractivity contribution in [2.24, 2.45) is 0 Å². The summed E-state index contributed by atoms with van der Waals surface area (Å²) in [4.78, 5) is 34.3. The van der Waals surface area contributed by atoms with Gasteiger partial charge in [0, 0.05) is 11.8 Å². The van der Waals surface area contributed by atoms with E-state index in [1.54, 1.807) is 43.3 Å². The molecule has 122 valence electrons. The lowest BCUT2D eigenvalue weighted by Crippen LogP contribution is -2.59. The summed E-state index contributed by atoms with van der Waals surface area (Å²) in [6.45, 7) is 1.93. The van der Waals surface area contributed by atoms with Crippen LogP contribution in [0.15, 0.2) is 30.3 Å². The number of esters is 1. The molecule has 8 nitrogen and oxygen atoms in total. The molecule has 0 aliphatic rings. The Labute approximate surface area is 133 Å². The van der Waals surface area contributed by atoms with Gasteiger partial charge in [-0.1, -0.05) is 30.3 Å². The topological polar surface area (TPSA) is 122 Å². The van der Waals surface area contributed by atoms with E-state index in [0.717, 1.165) is 6.92 Å². The number of benzene rings is 1. The fourth-order valence-electron chi connectivity index (χ4n) is 2.28. The van der Waals surface area contributed by atoms with Gasteiger partial charge in [-0.15, -0.1) is 0 Å². The van der Waals surface area contributed by atoms with Crippen molar-refractivity contribution in [1.29, 1.82) is 5.26 Å². The average Bonchev–Trinajstić information content (AvgIpc) is 2.51. The molecule has 0 aromatic heterocycles. The van der Waals surface area contributed by atoms with Crippen molar-refractivity contribution in [2.45, 2.75) is 25.3 Å². The molecule has 1 aromatic rings. The van der Waals surface area contributed by atoms with Gasteiger partial charge in [-0.05, 0) is 12.5 Å². The van der Waals surface area contributed by atoms with Gasteiger partial charge in [-0.25, -0.2) is 4.79 Å². The maximum Gasteiger partial charge on any atom is 0.347 e. The quantitative estimate of drug-likeness (QED) is 0.454. The minimum Gasteiger partial charge on any atom is -0.463 e. The molecule has 1 rings (SSSR count). The van der Waals surface area contributed by atoms with Crippen molar-refractivity contribution < 1.29 is 19.2 Å². The van der Waals surface area contributed by atoms with Gasteiger partial charge < -0.3 is 10.1 Å². The number of nitrogens with one attached hydrogen (secondary N) is 1. The van der Waals surface area contributed by atoms with E-state index in [0.29, 0.717) is 5.56 Å². The average molecular weight is 319 g/mol. The van der Waals surface area contributed by atoms with E-state index >= 15 is 0 Å². The highest BCUT2D eigenvalue weighted by Gasteiger charge is 2.52. The van der Waals surface area contributed by atoms with E-state index < -0.39 is 34.8 Å². The summed E-state index contributed by atoms with van der Waals surface area (Å²) in [7, 11) is 0. The van der Waals surface area contributed by atoms with E-state index in [1.807, 2.05) is 0 Å². The Bertz CT molecular complexity index is 626. The number of nitriles is 1. The molecule has 0 saturated carbocycles. The highest BCUT2D eigenvalue weighted by molar-refractivity contribution is 5.91. The maximum atomic E-state index is 12.3. The summed E-state index contributed by atoms with van der Waals surface area (Å²) >= 11 is 0. The van der Waals surface area contributed by atoms with Crippen molar-refractivity contribution in [3.63, 3.8) is 0 Å². The smallest absolute Gasteiger partial charge is 0.347 e. The van der Waals surface area contributed by atoms with Crippen molar-refractivity contribution in [3.05, 3.63) is 46.0 Å². The normalized spacial score (nSPS) is 14.0. The zero-order valence-electron chi connectivity index (χ0n) is 12.8. The van der Waals surface area contributed by atoms with Crippen LogP contribution in [0, 0.1) is 21.4 Å². The highest BCUT2D eigenvalue weighted by atomic mass is 16.6. The second-order valence-corrected chi connectivity index (χ2v) is 4.80. The van der Waals surface area contributed by atoms with Gasteiger partial charge in [0.2, 0.25) is 18.0 Å². The molecule has 23 heavy (non-hydrogen) atoms. The fraction of sp³-hybridized carbons (Fsp3) is 0.400. The van der Waals surface area contributed by atoms with Crippen LogP contribution in [0.1, 0.15) is 25.3 Å². The van der Waals surface area contributed by atoms with Crippen LogP contribution >= 0.6 is 0 Å². The highest BCUT2D eigenvalue weighted by Crippen LogP contribution is 2.30. The summed E-state index contributed by atoms with van der Waals surface area (Å²) in [5.74, 6) is -2.87. The molecule has 0 radical (unpaired) electrons. The second-order valence-electron chi connectivity index (χ2n) is 4.80. The summed E-state index contributed by atoms with van der Waals surface area (Å²) < 4.78 is 4.88. The predicted molar refractivity (Wildman–Crippen MR) is 79.8 cm³/mol. The number of ether oxygens (including phenoxy) is 1. The van der Waals surface area contributed by atoms with Gasteiger partial charge in [-0.2, -0.15) is 5.26 Å². The van der Waals surface area contributed by atoms with Gasteiger partial charge in [0.25, 0.3) is 0 Å². The second kappa shape index (κ2) is 7.89. The van der Waals surface area contributed by atoms with Gasteiger partial charge in [0.1, 0.15) is 6.07 Å². The minimum absolute atomic E-state index is 0.0260. The Morgan fingerprint density at radius 3 is 2.48 bits per heavy atom. The molecule has 0 bridgehead atoms. The number of nitrogens with zero attached hydrogens (tertiary/aromatic N) is 2. The molecule has 1 amide bonds. The van der Waals surface area contributed by atoms with E-state index in [4.69, 9.17) is 4.74 Å². The van der Waals surface area contributed by atoms with E-state index in [9.17, 15) is 25.0 Å². The van der Waals surface area contributed by atoms with Crippen molar-refractivity contribution in [2.75, 3.05) is 13.2 Å². The number of carbonyl (C=O) groups excluding carboxylic acids is 2. The van der Waals surface area contributed by atoms with Gasteiger partial charge in [0.05, 0.1) is 12.5 Å². The molecular formula is C15H17N3O5. The first-order chi connectivity index (χ1) is 10.9. The largest absolute Gasteiger partial charge is 0.463 e. The van der Waals surface area contributed by atoms with Crippen LogP contribution in [0.4, 0.5) is 0 Å². The van der Waals surface area contributed by atoms with Crippen LogP contribution in [0.5, 0.6) is 0 Å². The van der Waals surface area contributed by atoms with Crippen molar-refractivity contribution in [3.8, 4) is 6.07 Å². The lowest BCUT2D eigenvalue weighted by Gasteiger charge is -2.31. The molecule has 0 aliphatic heterocycles. The monoisotopic (exact) mass is 319 g/mol. The van der Waals surface area contributed by atoms with Crippen LogP contribution in [0.3, 0.4) is 0 Å². The van der Waals surface area contributed by atoms with Gasteiger partial charge >= 0.3 is 5.97 Å². The minimum atomic E-state index is -2.17. The van der Waals surface area contributed by atoms with Crippen LogP contribution < -0.4 is 5.32 Å². The summed E-state index contributed by atoms with van der Waals surface area (Å²) in [5, 5.41) is 22.9. The molecule has 0 heterocycles. The first-order valence-electron chi connectivity index (χ1n) is 6.91. The predicted octanol–water partition coefficient (Wildman–Crippen LogP) is 1.01. The van der Waals surface area contributed by atoms with Crippen LogP contribution in [-0.4, -0.2) is 35.5 Å². The van der Waals surface area contributed by atoms with Gasteiger partial charge in [-0.3, -0.25) is 14.9 Å². The van der Waals surface area contributed by atoms with Crippen LogP contribution in [0.25, 0.3) is 0 Å². The number of rotatable bonds is 7. The third kappa shape index (κ3) is 4.26. The van der Waals surface area contributed by atoms with E-state index in [-0.39, 0.29) is 6.61 Å². The first kappa shape index (κ1) is 18.1. The number of amides is 1. The number of carbonyl (C=O) groups is 2. The maximum absolute atomic E-state index is 12.3. The summed E-state index contributed by atoms with van der Waals surface area (Å²) in [5.41, 5.74) is -1.79. The van der Waals surface area contributed by atoms with Crippen molar-refractivity contribution in [1.82, 2.24) is 5.32 Å². The SMILES string of the molecule is CCOC(=O)C(C#N)(NC(C)=O)C(C[N+](=O)[O-])c1ccccc1. The molecule has 0 spiro atoms. The molecule has 2 unspecified atom stereocenters. The number of hydrogen-bond donors (Lipinski definition) is 1. The Hall–Kier alpha value is -2.95. The molecular weight excluding hydrogens is 302 g/mol. The molecule has 0 aliphatic carbocycles. The lowest BCUT2D eigenvalue weighted by atomic mass is 9.79. The molecule has 0 saturated heterocycles. The van der Waals surface area contributed by atoms with Crippen molar-refractivity contribution >= 4 is 11.9 Å². The van der Waals surface area contributed by atoms with E-state index in [1.165, 1.54) is 0 Å². The number of hydrogen-bond acceptors (Lipinski definition) is 6. The zero-order chi connectivity index (χ0) is 17.5. The summed E-state index contributed by atoms with van der Waals surface area (Å²) in [6, 6.07) is 9.79. The van der Waals surface area contributed by atoms with Gasteiger partial charge in [0.15, 0.2) is 0 Å². The summed E-state index contributed by atoms with van der Waals surface area (Å²) in [6.07, 6.45) is 0. The Balaban J connectivity index is 3.48. The zero-order valence-corrected chi connectivity index (χ0v) is 12.8. The Kier molecular flexibility index (Phi) is 6.21. The fourth-order valence-corrected chi connectivity index (χ4v) is 2.28. The Morgan fingerprint density at radius 2 is 2.04 bits per heavy atom. The Morgan fingerprint density at radius 1 is 1.43 bits per heavy atom. The molecule has 1 N–H and O–H groups in total. The first-order valence-corrected chi connectivity index (χ1v) is 6.91. The number of nitro groups is 1. The third-order valence-electron chi connectivity index (χ3n) is 3.20.